The number of nitrogens with two attached hydrogens (primary N) is 1. The van der Waals surface area contributed by atoms with Gasteiger partial charge in [0.25, 0.3) is 0 Å². The van der Waals surface area contributed by atoms with Gasteiger partial charge in [0, 0.05) is 22.3 Å². The molecule has 3 rings (SSSR count). The molecule has 24 heavy (non-hydrogen) atoms. The predicted octanol–water partition coefficient (Wildman–Crippen LogP) is 2.69. The monoisotopic (exact) mass is 452 g/mol. The Labute approximate surface area is 154 Å². The molecule has 2 heterocycles. The van der Waals surface area contributed by atoms with Crippen LogP contribution in [0.25, 0.3) is 11.5 Å². The van der Waals surface area contributed by atoms with Crippen LogP contribution in [0.15, 0.2) is 33.2 Å². The maximum absolute atomic E-state index is 12.8. The van der Waals surface area contributed by atoms with E-state index in [9.17, 15) is 4.79 Å². The van der Waals surface area contributed by atoms with Crippen molar-refractivity contribution in [3.8, 4) is 11.5 Å². The Morgan fingerprint density at radius 1 is 1.38 bits per heavy atom. The van der Waals surface area contributed by atoms with Gasteiger partial charge in [-0.1, -0.05) is 28.1 Å². The Morgan fingerprint density at radius 3 is 2.88 bits per heavy atom. The Kier molecular flexibility index (Phi) is 4.93. The Balaban J connectivity index is 2.01. The van der Waals surface area contributed by atoms with Crippen molar-refractivity contribution >= 4 is 37.6 Å². The fourth-order valence-electron chi connectivity index (χ4n) is 2.35. The summed E-state index contributed by atoms with van der Waals surface area (Å²) < 4.78 is 1.47. The molecule has 0 aliphatic carbocycles. The first-order chi connectivity index (χ1) is 11.5. The van der Waals surface area contributed by atoms with E-state index in [1.54, 1.807) is 12.1 Å². The minimum atomic E-state index is -0.0856. The number of halogens is 2. The van der Waals surface area contributed by atoms with Gasteiger partial charge in [0.1, 0.15) is 5.69 Å². The van der Waals surface area contributed by atoms with E-state index in [-0.39, 0.29) is 5.78 Å². The van der Waals surface area contributed by atoms with E-state index in [1.165, 1.54) is 4.80 Å². The van der Waals surface area contributed by atoms with E-state index >= 15 is 0 Å². The SMILES string of the molecule is Cc1[nH]c(-c2nnn(CCN)n2)c(Br)c1C(=O)c1cccc(Br)c1. The molecule has 3 N–H and O–H groups in total. The zero-order valence-corrected chi connectivity index (χ0v) is 15.9. The fourth-order valence-corrected chi connectivity index (χ4v) is 3.50. The molecule has 0 aliphatic heterocycles. The van der Waals surface area contributed by atoms with Crippen molar-refractivity contribution in [1.29, 1.82) is 0 Å². The van der Waals surface area contributed by atoms with Gasteiger partial charge in [0.2, 0.25) is 5.82 Å². The number of ketones is 1. The average Bonchev–Trinajstić information content (AvgIpc) is 3.12. The van der Waals surface area contributed by atoms with Gasteiger partial charge >= 0.3 is 0 Å². The van der Waals surface area contributed by atoms with E-state index in [2.05, 4.69) is 52.3 Å². The third-order valence-electron chi connectivity index (χ3n) is 3.45. The minimum absolute atomic E-state index is 0.0856. The maximum atomic E-state index is 12.8. The van der Waals surface area contributed by atoms with Crippen molar-refractivity contribution in [3.63, 3.8) is 0 Å². The highest BCUT2D eigenvalue weighted by Gasteiger charge is 2.23. The van der Waals surface area contributed by atoms with Gasteiger partial charge in [-0.25, -0.2) is 0 Å². The van der Waals surface area contributed by atoms with Gasteiger partial charge in [-0.05, 0) is 40.2 Å². The largest absolute Gasteiger partial charge is 0.354 e. The van der Waals surface area contributed by atoms with Crippen molar-refractivity contribution in [3.05, 3.63) is 50.0 Å². The number of carbonyl (C=O) groups excluding carboxylic acids is 1. The lowest BCUT2D eigenvalue weighted by Crippen LogP contribution is -2.12. The van der Waals surface area contributed by atoms with Gasteiger partial charge in [-0.2, -0.15) is 4.80 Å². The highest BCUT2D eigenvalue weighted by Crippen LogP contribution is 2.32. The Bertz CT molecular complexity index is 901. The summed E-state index contributed by atoms with van der Waals surface area (Å²) in [7, 11) is 0. The van der Waals surface area contributed by atoms with Crippen molar-refractivity contribution in [1.82, 2.24) is 25.2 Å². The summed E-state index contributed by atoms with van der Waals surface area (Å²) in [4.78, 5) is 17.4. The number of hydrogen-bond acceptors (Lipinski definition) is 5. The van der Waals surface area contributed by atoms with Gasteiger partial charge in [-0.15, -0.1) is 10.2 Å². The van der Waals surface area contributed by atoms with Crippen LogP contribution in [-0.2, 0) is 6.54 Å². The number of aromatic nitrogens is 5. The number of rotatable bonds is 5. The molecule has 0 bridgehead atoms. The standard InChI is InChI=1S/C15H14Br2N6O/c1-8-11(14(24)9-3-2-4-10(16)7-9)12(17)13(19-8)15-20-22-23(21-15)6-5-18/h2-4,7,19H,5-6,18H2,1H3. The molecule has 0 atom stereocenters. The van der Waals surface area contributed by atoms with Crippen LogP contribution in [0.3, 0.4) is 0 Å². The first kappa shape index (κ1) is 17.0. The lowest BCUT2D eigenvalue weighted by atomic mass is 10.0. The normalized spacial score (nSPS) is 11.0. The molecule has 0 fully saturated rings. The molecule has 0 spiro atoms. The number of hydrogen-bond donors (Lipinski definition) is 2. The van der Waals surface area contributed by atoms with Crippen LogP contribution < -0.4 is 5.73 Å². The average molecular weight is 454 g/mol. The number of aromatic amines is 1. The molecule has 9 heteroatoms. The summed E-state index contributed by atoms with van der Waals surface area (Å²) in [5.41, 5.74) is 7.99. The number of aryl methyl sites for hydroxylation is 1. The Morgan fingerprint density at radius 2 is 2.17 bits per heavy atom. The number of nitrogens with one attached hydrogen (secondary N) is 1. The molecule has 0 saturated heterocycles. The predicted molar refractivity (Wildman–Crippen MR) is 96.7 cm³/mol. The Hall–Kier alpha value is -1.84. The lowest BCUT2D eigenvalue weighted by Gasteiger charge is -2.02. The van der Waals surface area contributed by atoms with Gasteiger partial charge in [-0.3, -0.25) is 4.79 Å². The molecule has 0 radical (unpaired) electrons. The van der Waals surface area contributed by atoms with Gasteiger partial charge in [0.05, 0.1) is 16.6 Å². The summed E-state index contributed by atoms with van der Waals surface area (Å²) >= 11 is 6.88. The lowest BCUT2D eigenvalue weighted by molar-refractivity contribution is 0.103. The topological polar surface area (TPSA) is 102 Å². The zero-order chi connectivity index (χ0) is 17.3. The number of carbonyl (C=O) groups is 1. The van der Waals surface area contributed by atoms with Crippen LogP contribution in [0, 0.1) is 6.92 Å². The van der Waals surface area contributed by atoms with Crippen molar-refractivity contribution in [2.24, 2.45) is 5.73 Å². The number of H-pyrrole nitrogens is 1. The van der Waals surface area contributed by atoms with Gasteiger partial charge < -0.3 is 10.7 Å². The second-order valence-electron chi connectivity index (χ2n) is 5.15. The molecule has 7 nitrogen and oxygen atoms in total. The van der Waals surface area contributed by atoms with E-state index in [1.807, 2.05) is 19.1 Å². The second kappa shape index (κ2) is 6.96. The number of tetrazole rings is 1. The van der Waals surface area contributed by atoms with Crippen LogP contribution in [0.1, 0.15) is 21.6 Å². The summed E-state index contributed by atoms with van der Waals surface area (Å²) in [5, 5.41) is 12.2. The summed E-state index contributed by atoms with van der Waals surface area (Å²) in [6.07, 6.45) is 0. The molecule has 1 aromatic carbocycles. The van der Waals surface area contributed by atoms with Crippen LogP contribution in [-0.4, -0.2) is 37.5 Å². The van der Waals surface area contributed by atoms with E-state index in [0.29, 0.717) is 40.2 Å². The highest BCUT2D eigenvalue weighted by molar-refractivity contribution is 9.11. The van der Waals surface area contributed by atoms with Crippen LogP contribution in [0.2, 0.25) is 0 Å². The van der Waals surface area contributed by atoms with E-state index < -0.39 is 0 Å². The first-order valence-electron chi connectivity index (χ1n) is 7.18. The molecular formula is C15H14Br2N6O. The minimum Gasteiger partial charge on any atom is -0.354 e. The molecule has 0 saturated carbocycles. The quantitative estimate of drug-likeness (QED) is 0.578. The molecule has 3 aromatic rings. The summed E-state index contributed by atoms with van der Waals surface area (Å²) in [5.74, 6) is 0.323. The highest BCUT2D eigenvalue weighted by atomic mass is 79.9. The molecule has 0 unspecified atom stereocenters. The van der Waals surface area contributed by atoms with Crippen LogP contribution in [0.4, 0.5) is 0 Å². The second-order valence-corrected chi connectivity index (χ2v) is 6.86. The van der Waals surface area contributed by atoms with E-state index in [4.69, 9.17) is 5.73 Å². The number of nitrogens with zero attached hydrogens (tertiary/aromatic N) is 4. The van der Waals surface area contributed by atoms with Crippen molar-refractivity contribution in [2.75, 3.05) is 6.54 Å². The smallest absolute Gasteiger partial charge is 0.222 e. The van der Waals surface area contributed by atoms with Gasteiger partial charge in [0.15, 0.2) is 5.78 Å². The van der Waals surface area contributed by atoms with Crippen molar-refractivity contribution in [2.45, 2.75) is 13.5 Å². The van der Waals surface area contributed by atoms with Crippen LogP contribution >= 0.6 is 31.9 Å². The molecule has 2 aromatic heterocycles. The molecule has 0 amide bonds. The molecule has 124 valence electrons. The first-order valence-corrected chi connectivity index (χ1v) is 8.76. The maximum Gasteiger partial charge on any atom is 0.222 e. The molecular weight excluding hydrogens is 440 g/mol. The van der Waals surface area contributed by atoms with Crippen LogP contribution in [0.5, 0.6) is 0 Å². The summed E-state index contributed by atoms with van der Waals surface area (Å²) in [6, 6.07) is 7.27. The molecule has 0 aliphatic rings. The number of benzene rings is 1. The fraction of sp³-hybridized carbons (Fsp3) is 0.200. The zero-order valence-electron chi connectivity index (χ0n) is 12.8. The third-order valence-corrected chi connectivity index (χ3v) is 4.73. The van der Waals surface area contributed by atoms with Crippen molar-refractivity contribution < 1.29 is 4.79 Å². The summed E-state index contributed by atoms with van der Waals surface area (Å²) in [6.45, 7) is 2.74. The third kappa shape index (κ3) is 3.19. The van der Waals surface area contributed by atoms with E-state index in [0.717, 1.165) is 10.2 Å².